The van der Waals surface area contributed by atoms with Gasteiger partial charge in [-0.2, -0.15) is 0 Å². The maximum atomic E-state index is 11.1. The monoisotopic (exact) mass is 220 g/mol. The number of primary amides is 1. The summed E-state index contributed by atoms with van der Waals surface area (Å²) in [5.74, 6) is -1.92. The van der Waals surface area contributed by atoms with Crippen molar-refractivity contribution in [3.63, 3.8) is 0 Å². The molecular weight excluding hydrogens is 208 g/mol. The Labute approximate surface area is 82.0 Å². The van der Waals surface area contributed by atoms with E-state index in [1.165, 1.54) is 7.05 Å². The van der Waals surface area contributed by atoms with Crippen molar-refractivity contribution < 1.29 is 18.0 Å². The average molecular weight is 220 g/mol. The molecule has 0 aliphatic carbocycles. The molecule has 2 N–H and O–H groups in total. The van der Waals surface area contributed by atoms with E-state index in [1.807, 2.05) is 0 Å². The molecule has 14 heavy (non-hydrogen) atoms. The second-order valence-corrected chi connectivity index (χ2v) is 5.57. The van der Waals surface area contributed by atoms with Gasteiger partial charge in [-0.1, -0.05) is 0 Å². The van der Waals surface area contributed by atoms with E-state index in [0.29, 0.717) is 6.42 Å². The Morgan fingerprint density at radius 1 is 1.43 bits per heavy atom. The van der Waals surface area contributed by atoms with Gasteiger partial charge in [0.25, 0.3) is 0 Å². The molecule has 1 aliphatic rings. The number of sulfone groups is 1. The Morgan fingerprint density at radius 2 is 2.00 bits per heavy atom. The molecule has 1 unspecified atom stereocenters. The predicted molar refractivity (Wildman–Crippen MR) is 49.0 cm³/mol. The third-order valence-electron chi connectivity index (χ3n) is 2.29. The summed E-state index contributed by atoms with van der Waals surface area (Å²) in [4.78, 5) is 22.7. The maximum Gasteiger partial charge on any atom is 0.311 e. The van der Waals surface area contributed by atoms with Crippen LogP contribution in [0.25, 0.3) is 0 Å². The van der Waals surface area contributed by atoms with Crippen molar-refractivity contribution in [2.45, 2.75) is 12.5 Å². The van der Waals surface area contributed by atoms with E-state index in [0.717, 1.165) is 4.90 Å². The third kappa shape index (κ3) is 2.22. The van der Waals surface area contributed by atoms with Crippen LogP contribution in [0.4, 0.5) is 0 Å². The van der Waals surface area contributed by atoms with E-state index in [1.54, 1.807) is 0 Å². The molecule has 1 rings (SSSR count). The van der Waals surface area contributed by atoms with Crippen LogP contribution in [0.1, 0.15) is 6.42 Å². The number of hydrogen-bond donors (Lipinski definition) is 1. The maximum absolute atomic E-state index is 11.1. The van der Waals surface area contributed by atoms with E-state index in [-0.39, 0.29) is 11.5 Å². The second-order valence-electron chi connectivity index (χ2n) is 3.34. The zero-order valence-corrected chi connectivity index (χ0v) is 8.58. The summed E-state index contributed by atoms with van der Waals surface area (Å²) in [6, 6.07) is -0.417. The zero-order chi connectivity index (χ0) is 10.9. The van der Waals surface area contributed by atoms with E-state index < -0.39 is 27.7 Å². The largest absolute Gasteiger partial charge is 0.361 e. The van der Waals surface area contributed by atoms with Gasteiger partial charge < -0.3 is 10.6 Å². The molecule has 2 amide bonds. The highest BCUT2D eigenvalue weighted by Gasteiger charge is 2.33. The standard InChI is InChI=1S/C7H12N2O4S/c1-9(7(11)6(8)10)5-2-3-14(12,13)4-5/h5H,2-4H2,1H3,(H2,8,10). The van der Waals surface area contributed by atoms with E-state index in [9.17, 15) is 18.0 Å². The summed E-state index contributed by atoms with van der Waals surface area (Å²) in [6.07, 6.45) is 0.373. The van der Waals surface area contributed by atoms with Crippen molar-refractivity contribution in [1.29, 1.82) is 0 Å². The predicted octanol–water partition coefficient (Wildman–Crippen LogP) is -1.88. The van der Waals surface area contributed by atoms with Gasteiger partial charge in [-0.05, 0) is 6.42 Å². The molecule has 7 heteroatoms. The van der Waals surface area contributed by atoms with Gasteiger partial charge in [0.1, 0.15) is 0 Å². The highest BCUT2D eigenvalue weighted by molar-refractivity contribution is 7.91. The van der Waals surface area contributed by atoms with E-state index in [2.05, 4.69) is 0 Å². The number of likely N-dealkylation sites (N-methyl/N-ethyl adjacent to an activating group) is 1. The minimum Gasteiger partial charge on any atom is -0.361 e. The van der Waals surface area contributed by atoms with Crippen molar-refractivity contribution in [1.82, 2.24) is 4.90 Å². The molecule has 1 aliphatic heterocycles. The Balaban J connectivity index is 2.69. The zero-order valence-electron chi connectivity index (χ0n) is 7.76. The molecule has 1 saturated heterocycles. The summed E-state index contributed by atoms with van der Waals surface area (Å²) >= 11 is 0. The van der Waals surface area contributed by atoms with Crippen LogP contribution in [0.15, 0.2) is 0 Å². The molecule has 0 saturated carbocycles. The SMILES string of the molecule is CN(C(=O)C(N)=O)C1CCS(=O)(=O)C1. The number of carbonyl (C=O) groups excluding carboxylic acids is 2. The fraction of sp³-hybridized carbons (Fsp3) is 0.714. The lowest BCUT2D eigenvalue weighted by atomic mass is 10.2. The lowest BCUT2D eigenvalue weighted by Crippen LogP contribution is -2.44. The number of nitrogens with zero attached hydrogens (tertiary/aromatic N) is 1. The van der Waals surface area contributed by atoms with Gasteiger partial charge in [0, 0.05) is 13.1 Å². The highest BCUT2D eigenvalue weighted by atomic mass is 32.2. The smallest absolute Gasteiger partial charge is 0.311 e. The molecule has 0 bridgehead atoms. The molecular formula is C7H12N2O4S. The molecule has 6 nitrogen and oxygen atoms in total. The van der Waals surface area contributed by atoms with Gasteiger partial charge in [-0.25, -0.2) is 8.42 Å². The van der Waals surface area contributed by atoms with Crippen LogP contribution in [-0.4, -0.2) is 49.7 Å². The first-order valence-corrected chi connectivity index (χ1v) is 5.92. The van der Waals surface area contributed by atoms with Crippen LogP contribution in [0.5, 0.6) is 0 Å². The molecule has 0 radical (unpaired) electrons. The Hall–Kier alpha value is -1.11. The lowest BCUT2D eigenvalue weighted by molar-refractivity contribution is -0.144. The quantitative estimate of drug-likeness (QED) is 0.523. The van der Waals surface area contributed by atoms with Crippen LogP contribution in [0.2, 0.25) is 0 Å². The molecule has 0 spiro atoms. The Bertz CT molecular complexity index is 362. The fourth-order valence-corrected chi connectivity index (χ4v) is 3.19. The highest BCUT2D eigenvalue weighted by Crippen LogP contribution is 2.16. The molecule has 1 atom stereocenters. The third-order valence-corrected chi connectivity index (χ3v) is 4.04. The first kappa shape index (κ1) is 11.0. The van der Waals surface area contributed by atoms with Gasteiger partial charge in [0.15, 0.2) is 9.84 Å². The number of carbonyl (C=O) groups is 2. The summed E-state index contributed by atoms with van der Waals surface area (Å²) in [6.45, 7) is 0. The summed E-state index contributed by atoms with van der Waals surface area (Å²) in [7, 11) is -1.66. The van der Waals surface area contributed by atoms with Crippen LogP contribution in [0, 0.1) is 0 Å². The summed E-state index contributed by atoms with van der Waals surface area (Å²) < 4.78 is 22.2. The lowest BCUT2D eigenvalue weighted by Gasteiger charge is -2.21. The van der Waals surface area contributed by atoms with Gasteiger partial charge in [0.2, 0.25) is 0 Å². The van der Waals surface area contributed by atoms with Crippen LogP contribution in [0.3, 0.4) is 0 Å². The summed E-state index contributed by atoms with van der Waals surface area (Å²) in [5, 5.41) is 0. The number of hydrogen-bond acceptors (Lipinski definition) is 4. The van der Waals surface area contributed by atoms with Crippen molar-refractivity contribution >= 4 is 21.7 Å². The topological polar surface area (TPSA) is 97.5 Å². The van der Waals surface area contributed by atoms with Gasteiger partial charge in [0.05, 0.1) is 11.5 Å². The van der Waals surface area contributed by atoms with Crippen molar-refractivity contribution in [2.75, 3.05) is 18.6 Å². The first-order valence-electron chi connectivity index (χ1n) is 4.10. The number of amides is 2. The van der Waals surface area contributed by atoms with Crippen LogP contribution in [-0.2, 0) is 19.4 Å². The minimum atomic E-state index is -3.05. The minimum absolute atomic E-state index is 0.0635. The number of rotatable bonds is 1. The normalized spacial score (nSPS) is 24.5. The van der Waals surface area contributed by atoms with E-state index in [4.69, 9.17) is 5.73 Å². The molecule has 0 aromatic rings. The van der Waals surface area contributed by atoms with Crippen LogP contribution >= 0.6 is 0 Å². The first-order chi connectivity index (χ1) is 6.33. The molecule has 80 valence electrons. The van der Waals surface area contributed by atoms with Crippen molar-refractivity contribution in [3.05, 3.63) is 0 Å². The van der Waals surface area contributed by atoms with Gasteiger partial charge in [-0.15, -0.1) is 0 Å². The molecule has 0 aromatic carbocycles. The number of nitrogens with two attached hydrogens (primary N) is 1. The average Bonchev–Trinajstić information content (AvgIpc) is 2.43. The van der Waals surface area contributed by atoms with E-state index >= 15 is 0 Å². The summed E-state index contributed by atoms with van der Waals surface area (Å²) in [5.41, 5.74) is 4.79. The van der Waals surface area contributed by atoms with Crippen LogP contribution < -0.4 is 5.73 Å². The van der Waals surface area contributed by atoms with Gasteiger partial charge >= 0.3 is 11.8 Å². The van der Waals surface area contributed by atoms with Crippen molar-refractivity contribution in [2.24, 2.45) is 5.73 Å². The second kappa shape index (κ2) is 3.56. The fourth-order valence-electron chi connectivity index (χ4n) is 1.42. The Kier molecular flexibility index (Phi) is 2.79. The molecule has 0 aromatic heterocycles. The van der Waals surface area contributed by atoms with Crippen molar-refractivity contribution in [3.8, 4) is 0 Å². The Morgan fingerprint density at radius 3 is 2.36 bits per heavy atom. The van der Waals surface area contributed by atoms with Gasteiger partial charge in [-0.3, -0.25) is 9.59 Å². The molecule has 1 heterocycles. The molecule has 1 fully saturated rings.